The van der Waals surface area contributed by atoms with E-state index >= 15 is 0 Å². The first-order valence-electron chi connectivity index (χ1n) is 5.61. The number of methoxy groups -OCH3 is 1. The Morgan fingerprint density at radius 3 is 2.42 bits per heavy atom. The van der Waals surface area contributed by atoms with E-state index < -0.39 is 5.91 Å². The van der Waals surface area contributed by atoms with E-state index in [0.29, 0.717) is 11.3 Å². The summed E-state index contributed by atoms with van der Waals surface area (Å²) in [4.78, 5) is 13.1. The van der Waals surface area contributed by atoms with E-state index in [2.05, 4.69) is 0 Å². The van der Waals surface area contributed by atoms with Gasteiger partial charge in [0.15, 0.2) is 0 Å². The summed E-state index contributed by atoms with van der Waals surface area (Å²) < 4.78 is 5.10. The fraction of sp³-hybridized carbons (Fsp3) is 0.0714. The second-order valence-electron chi connectivity index (χ2n) is 3.90. The Hall–Kier alpha value is -2.14. The van der Waals surface area contributed by atoms with Crippen LogP contribution in [-0.4, -0.2) is 13.0 Å². The molecule has 0 aliphatic heterocycles. The molecule has 5 heteroatoms. The van der Waals surface area contributed by atoms with Gasteiger partial charge in [0.05, 0.1) is 12.7 Å². The van der Waals surface area contributed by atoms with Crippen molar-refractivity contribution in [3.63, 3.8) is 0 Å². The van der Waals surface area contributed by atoms with Crippen LogP contribution < -0.4 is 16.2 Å². The summed E-state index contributed by atoms with van der Waals surface area (Å²) in [6.45, 7) is 0. The van der Waals surface area contributed by atoms with Gasteiger partial charge in [0.2, 0.25) is 5.91 Å². The third kappa shape index (κ3) is 3.20. The molecule has 0 aliphatic carbocycles. The van der Waals surface area contributed by atoms with Gasteiger partial charge in [-0.3, -0.25) is 4.79 Å². The van der Waals surface area contributed by atoms with Gasteiger partial charge in [-0.05, 0) is 42.5 Å². The number of amides is 1. The zero-order chi connectivity index (χ0) is 13.8. The third-order valence-electron chi connectivity index (χ3n) is 2.56. The summed E-state index contributed by atoms with van der Waals surface area (Å²) in [7, 11) is 1.62. The number of nitrogens with two attached hydrogens (primary N) is 2. The number of carbonyl (C=O) groups is 1. The molecule has 0 aromatic heterocycles. The van der Waals surface area contributed by atoms with Crippen LogP contribution in [0, 0.1) is 0 Å². The molecule has 0 heterocycles. The molecule has 19 heavy (non-hydrogen) atoms. The Kier molecular flexibility index (Phi) is 3.97. The molecule has 0 atom stereocenters. The van der Waals surface area contributed by atoms with E-state index in [-0.39, 0.29) is 0 Å². The van der Waals surface area contributed by atoms with Crippen LogP contribution in [0.4, 0.5) is 5.69 Å². The number of rotatable bonds is 4. The predicted octanol–water partition coefficient (Wildman–Crippen LogP) is 2.53. The lowest BCUT2D eigenvalue weighted by atomic mass is 10.2. The minimum absolute atomic E-state index is 0.462. The number of hydrogen-bond acceptors (Lipinski definition) is 4. The molecule has 0 radical (unpaired) electrons. The first kappa shape index (κ1) is 13.3. The Morgan fingerprint density at radius 1 is 1.16 bits per heavy atom. The molecule has 0 saturated carbocycles. The number of hydrogen-bond donors (Lipinski definition) is 2. The number of carbonyl (C=O) groups excluding carboxylic acids is 1. The maximum absolute atomic E-state index is 11.4. The zero-order valence-electron chi connectivity index (χ0n) is 10.4. The molecule has 0 saturated heterocycles. The fourth-order valence-corrected chi connectivity index (χ4v) is 2.60. The minimum Gasteiger partial charge on any atom is -0.497 e. The lowest BCUT2D eigenvalue weighted by molar-refractivity contribution is 0.0997. The highest BCUT2D eigenvalue weighted by atomic mass is 32.2. The van der Waals surface area contributed by atoms with Crippen LogP contribution in [0.25, 0.3) is 0 Å². The Labute approximate surface area is 115 Å². The molecular weight excluding hydrogens is 260 g/mol. The molecule has 0 spiro atoms. The molecule has 2 aromatic carbocycles. The number of ether oxygens (including phenoxy) is 1. The molecular formula is C14H14N2O2S. The van der Waals surface area contributed by atoms with Gasteiger partial charge >= 0.3 is 0 Å². The van der Waals surface area contributed by atoms with Crippen LogP contribution in [0.2, 0.25) is 0 Å². The van der Waals surface area contributed by atoms with Crippen LogP contribution in [0.3, 0.4) is 0 Å². The number of primary amides is 1. The standard InChI is InChI=1S/C14H14N2O2S/c1-18-10-3-5-11(6-4-10)19-13-8-9(15)2-7-12(13)14(16)17/h2-8H,15H2,1H3,(H2,16,17). The van der Waals surface area contributed by atoms with E-state index in [4.69, 9.17) is 16.2 Å². The largest absolute Gasteiger partial charge is 0.497 e. The predicted molar refractivity (Wildman–Crippen MR) is 76.5 cm³/mol. The zero-order valence-corrected chi connectivity index (χ0v) is 11.2. The van der Waals surface area contributed by atoms with Gasteiger partial charge in [-0.15, -0.1) is 0 Å². The fourth-order valence-electron chi connectivity index (χ4n) is 1.60. The van der Waals surface area contributed by atoms with Crippen LogP contribution in [-0.2, 0) is 0 Å². The molecule has 0 unspecified atom stereocenters. The highest BCUT2D eigenvalue weighted by Gasteiger charge is 2.10. The lowest BCUT2D eigenvalue weighted by Gasteiger charge is -2.08. The van der Waals surface area contributed by atoms with Crippen molar-refractivity contribution in [2.24, 2.45) is 5.73 Å². The average Bonchev–Trinajstić information content (AvgIpc) is 2.39. The smallest absolute Gasteiger partial charge is 0.249 e. The van der Waals surface area contributed by atoms with Crippen molar-refractivity contribution in [2.75, 3.05) is 12.8 Å². The summed E-state index contributed by atoms with van der Waals surface area (Å²) in [5.41, 5.74) is 12.2. The minimum atomic E-state index is -0.462. The van der Waals surface area contributed by atoms with Crippen LogP contribution in [0.5, 0.6) is 5.75 Å². The van der Waals surface area contributed by atoms with Crippen molar-refractivity contribution in [3.8, 4) is 5.75 Å². The Morgan fingerprint density at radius 2 is 1.84 bits per heavy atom. The van der Waals surface area contributed by atoms with Crippen molar-refractivity contribution >= 4 is 23.4 Å². The molecule has 0 bridgehead atoms. The van der Waals surface area contributed by atoms with E-state index in [9.17, 15) is 4.79 Å². The SMILES string of the molecule is COc1ccc(Sc2cc(N)ccc2C(N)=O)cc1. The lowest BCUT2D eigenvalue weighted by Crippen LogP contribution is -2.12. The van der Waals surface area contributed by atoms with Gasteiger partial charge in [0.1, 0.15) is 5.75 Å². The maximum atomic E-state index is 11.4. The molecule has 4 nitrogen and oxygen atoms in total. The highest BCUT2D eigenvalue weighted by Crippen LogP contribution is 2.32. The average molecular weight is 274 g/mol. The third-order valence-corrected chi connectivity index (χ3v) is 3.62. The second kappa shape index (κ2) is 5.67. The summed E-state index contributed by atoms with van der Waals surface area (Å²) in [6.07, 6.45) is 0. The van der Waals surface area contributed by atoms with E-state index in [0.717, 1.165) is 15.5 Å². The first-order valence-corrected chi connectivity index (χ1v) is 6.43. The van der Waals surface area contributed by atoms with Crippen LogP contribution in [0.1, 0.15) is 10.4 Å². The summed E-state index contributed by atoms with van der Waals surface area (Å²) in [5, 5.41) is 0. The maximum Gasteiger partial charge on any atom is 0.249 e. The normalized spacial score (nSPS) is 10.2. The Bertz CT molecular complexity index is 597. The summed E-state index contributed by atoms with van der Waals surface area (Å²) >= 11 is 1.44. The van der Waals surface area contributed by atoms with Gasteiger partial charge in [-0.2, -0.15) is 0 Å². The van der Waals surface area contributed by atoms with Crippen molar-refractivity contribution < 1.29 is 9.53 Å². The second-order valence-corrected chi connectivity index (χ2v) is 5.01. The molecule has 0 aliphatic rings. The highest BCUT2D eigenvalue weighted by molar-refractivity contribution is 7.99. The van der Waals surface area contributed by atoms with Gasteiger partial charge in [-0.1, -0.05) is 11.8 Å². The van der Waals surface area contributed by atoms with Crippen molar-refractivity contribution in [1.29, 1.82) is 0 Å². The Balaban J connectivity index is 2.31. The quantitative estimate of drug-likeness (QED) is 0.840. The van der Waals surface area contributed by atoms with Crippen molar-refractivity contribution in [2.45, 2.75) is 9.79 Å². The van der Waals surface area contributed by atoms with E-state index in [1.807, 2.05) is 24.3 Å². The van der Waals surface area contributed by atoms with Gasteiger partial charge in [0, 0.05) is 15.5 Å². The summed E-state index contributed by atoms with van der Waals surface area (Å²) in [6, 6.07) is 12.6. The summed E-state index contributed by atoms with van der Waals surface area (Å²) in [5.74, 6) is 0.322. The van der Waals surface area contributed by atoms with Crippen LogP contribution in [0.15, 0.2) is 52.3 Å². The van der Waals surface area contributed by atoms with Crippen LogP contribution >= 0.6 is 11.8 Å². The number of nitrogen functional groups attached to an aromatic ring is 1. The monoisotopic (exact) mass is 274 g/mol. The molecule has 0 fully saturated rings. The molecule has 2 rings (SSSR count). The van der Waals surface area contributed by atoms with Crippen molar-refractivity contribution in [1.82, 2.24) is 0 Å². The van der Waals surface area contributed by atoms with Gasteiger partial charge < -0.3 is 16.2 Å². The molecule has 1 amide bonds. The molecule has 98 valence electrons. The van der Waals surface area contributed by atoms with Crippen molar-refractivity contribution in [3.05, 3.63) is 48.0 Å². The molecule has 4 N–H and O–H groups in total. The number of anilines is 1. The molecule has 2 aromatic rings. The van der Waals surface area contributed by atoms with E-state index in [1.165, 1.54) is 11.8 Å². The van der Waals surface area contributed by atoms with Gasteiger partial charge in [0.25, 0.3) is 0 Å². The van der Waals surface area contributed by atoms with E-state index in [1.54, 1.807) is 25.3 Å². The first-order chi connectivity index (χ1) is 9.10. The number of benzene rings is 2. The topological polar surface area (TPSA) is 78.3 Å². The van der Waals surface area contributed by atoms with Gasteiger partial charge in [-0.25, -0.2) is 0 Å².